The first-order valence-electron chi connectivity index (χ1n) is 7.78. The normalized spacial score (nSPS) is 10.9. The summed E-state index contributed by atoms with van der Waals surface area (Å²) in [4.78, 5) is 0. The molecule has 0 nitrogen and oxygen atoms in total. The Morgan fingerprint density at radius 2 is 1.12 bits per heavy atom. The van der Waals surface area contributed by atoms with Crippen molar-refractivity contribution in [2.45, 2.75) is 84.0 Å². The molecule has 0 spiro atoms. The van der Waals surface area contributed by atoms with Gasteiger partial charge in [-0.05, 0) is 24.3 Å². The van der Waals surface area contributed by atoms with E-state index in [-0.39, 0.29) is 0 Å². The van der Waals surface area contributed by atoms with E-state index in [2.05, 4.69) is 25.6 Å². The molecule has 0 heterocycles. The van der Waals surface area contributed by atoms with Gasteiger partial charge < -0.3 is 0 Å². The van der Waals surface area contributed by atoms with Crippen LogP contribution in [0.15, 0.2) is 0 Å². The lowest BCUT2D eigenvalue weighted by molar-refractivity contribution is 0.603. The lowest BCUT2D eigenvalue weighted by Gasteiger charge is -2.02. The first-order chi connectivity index (χ1) is 8.41. The maximum atomic E-state index is 3.87. The molecule has 0 rings (SSSR count). The van der Waals surface area contributed by atoms with Crippen LogP contribution < -0.4 is 0 Å². The summed E-state index contributed by atoms with van der Waals surface area (Å²) >= 11 is 2.16. The lowest BCUT2D eigenvalue weighted by Crippen LogP contribution is -1.86. The second-order valence-electron chi connectivity index (χ2n) is 5.00. The minimum atomic E-state index is 1.12. The molecular formula is C16H33S. The third-order valence-electron chi connectivity index (χ3n) is 3.18. The van der Waals surface area contributed by atoms with Gasteiger partial charge in [-0.2, -0.15) is 11.8 Å². The van der Waals surface area contributed by atoms with Crippen molar-refractivity contribution < 1.29 is 0 Å². The Hall–Kier alpha value is 0.350. The third kappa shape index (κ3) is 16.4. The Bertz CT molecular complexity index is 109. The van der Waals surface area contributed by atoms with E-state index in [1.165, 1.54) is 82.1 Å². The number of thioether (sulfide) groups is 1. The minimum absolute atomic E-state index is 1.12. The highest BCUT2D eigenvalue weighted by atomic mass is 32.2. The number of unbranched alkanes of at least 4 members (excludes halogenated alkanes) is 10. The van der Waals surface area contributed by atoms with Crippen LogP contribution in [0.1, 0.15) is 84.0 Å². The van der Waals surface area contributed by atoms with Gasteiger partial charge in [0.25, 0.3) is 0 Å². The van der Waals surface area contributed by atoms with E-state index in [4.69, 9.17) is 0 Å². The highest BCUT2D eigenvalue weighted by Gasteiger charge is 1.93. The van der Waals surface area contributed by atoms with Crippen LogP contribution in [0.25, 0.3) is 0 Å². The molecule has 0 atom stereocenters. The van der Waals surface area contributed by atoms with E-state index in [1.807, 2.05) is 0 Å². The predicted molar refractivity (Wildman–Crippen MR) is 83.8 cm³/mol. The Morgan fingerprint density at radius 1 is 0.647 bits per heavy atom. The van der Waals surface area contributed by atoms with Crippen LogP contribution >= 0.6 is 11.8 Å². The molecule has 0 aromatic carbocycles. The highest BCUT2D eigenvalue weighted by molar-refractivity contribution is 7.99. The van der Waals surface area contributed by atoms with Gasteiger partial charge in [-0.3, -0.25) is 0 Å². The fourth-order valence-electron chi connectivity index (χ4n) is 2.00. The first kappa shape index (κ1) is 17.4. The van der Waals surface area contributed by atoms with Crippen LogP contribution in [-0.4, -0.2) is 11.5 Å². The van der Waals surface area contributed by atoms with Crippen molar-refractivity contribution in [2.75, 3.05) is 11.5 Å². The molecule has 0 aromatic rings. The summed E-state index contributed by atoms with van der Waals surface area (Å²) in [7, 11) is 0. The van der Waals surface area contributed by atoms with Crippen molar-refractivity contribution in [3.05, 3.63) is 6.92 Å². The van der Waals surface area contributed by atoms with E-state index in [0.29, 0.717) is 0 Å². The zero-order valence-corrected chi connectivity index (χ0v) is 12.8. The highest BCUT2D eigenvalue weighted by Crippen LogP contribution is 2.13. The lowest BCUT2D eigenvalue weighted by atomic mass is 10.1. The summed E-state index contributed by atoms with van der Waals surface area (Å²) in [6.45, 7) is 6.16. The third-order valence-corrected chi connectivity index (χ3v) is 4.34. The van der Waals surface area contributed by atoms with Gasteiger partial charge in [0.1, 0.15) is 0 Å². The largest absolute Gasteiger partial charge is 0.162 e. The van der Waals surface area contributed by atoms with Gasteiger partial charge in [-0.15, -0.1) is 0 Å². The van der Waals surface area contributed by atoms with Crippen LogP contribution in [0.4, 0.5) is 0 Å². The molecule has 103 valence electrons. The summed E-state index contributed by atoms with van der Waals surface area (Å²) in [6, 6.07) is 0. The molecule has 17 heavy (non-hydrogen) atoms. The predicted octanol–water partition coefficient (Wildman–Crippen LogP) is 6.25. The van der Waals surface area contributed by atoms with E-state index in [0.717, 1.165) is 6.42 Å². The van der Waals surface area contributed by atoms with Crippen molar-refractivity contribution >= 4 is 11.8 Å². The van der Waals surface area contributed by atoms with Gasteiger partial charge >= 0.3 is 0 Å². The van der Waals surface area contributed by atoms with Crippen molar-refractivity contribution in [2.24, 2.45) is 0 Å². The fourth-order valence-corrected chi connectivity index (χ4v) is 3.02. The zero-order valence-electron chi connectivity index (χ0n) is 12.0. The Balaban J connectivity index is 2.85. The monoisotopic (exact) mass is 257 g/mol. The molecule has 0 N–H and O–H groups in total. The van der Waals surface area contributed by atoms with Gasteiger partial charge in [0.05, 0.1) is 0 Å². The van der Waals surface area contributed by atoms with Crippen LogP contribution in [0, 0.1) is 6.92 Å². The molecule has 0 fully saturated rings. The van der Waals surface area contributed by atoms with Crippen LogP contribution in [0.2, 0.25) is 0 Å². The quantitative estimate of drug-likeness (QED) is 0.331. The molecule has 0 amide bonds. The molecule has 0 unspecified atom stereocenters. The minimum Gasteiger partial charge on any atom is -0.162 e. The van der Waals surface area contributed by atoms with Crippen molar-refractivity contribution in [3.63, 3.8) is 0 Å². The van der Waals surface area contributed by atoms with E-state index < -0.39 is 0 Å². The average Bonchev–Trinajstić information content (AvgIpc) is 2.35. The van der Waals surface area contributed by atoms with Gasteiger partial charge in [0, 0.05) is 0 Å². The van der Waals surface area contributed by atoms with Crippen LogP contribution in [-0.2, 0) is 0 Å². The molecule has 0 saturated heterocycles. The van der Waals surface area contributed by atoms with Crippen molar-refractivity contribution in [1.29, 1.82) is 0 Å². The molecule has 0 aromatic heterocycles. The molecule has 0 saturated carbocycles. The van der Waals surface area contributed by atoms with Gasteiger partial charge in [-0.1, -0.05) is 78.1 Å². The van der Waals surface area contributed by atoms with Gasteiger partial charge in [0.15, 0.2) is 0 Å². The van der Waals surface area contributed by atoms with Gasteiger partial charge in [0.2, 0.25) is 0 Å². The molecular weight excluding hydrogens is 224 g/mol. The summed E-state index contributed by atoms with van der Waals surface area (Å²) in [6.07, 6.45) is 16.7. The number of rotatable bonds is 14. The van der Waals surface area contributed by atoms with Crippen molar-refractivity contribution in [1.82, 2.24) is 0 Å². The summed E-state index contributed by atoms with van der Waals surface area (Å²) in [5, 5.41) is 0. The van der Waals surface area contributed by atoms with E-state index in [9.17, 15) is 0 Å². The maximum Gasteiger partial charge on any atom is -0.00675 e. The van der Waals surface area contributed by atoms with E-state index in [1.54, 1.807) is 0 Å². The van der Waals surface area contributed by atoms with Gasteiger partial charge in [-0.25, -0.2) is 0 Å². The second-order valence-corrected chi connectivity index (χ2v) is 6.23. The Morgan fingerprint density at radius 3 is 1.65 bits per heavy atom. The zero-order chi connectivity index (χ0) is 12.6. The summed E-state index contributed by atoms with van der Waals surface area (Å²) < 4.78 is 0. The smallest absolute Gasteiger partial charge is 0.00675 e. The molecule has 1 heteroatoms. The molecule has 0 aliphatic rings. The van der Waals surface area contributed by atoms with E-state index >= 15 is 0 Å². The molecule has 1 radical (unpaired) electrons. The number of hydrogen-bond acceptors (Lipinski definition) is 1. The molecule has 0 bridgehead atoms. The fraction of sp³-hybridized carbons (Fsp3) is 0.938. The molecule has 0 aliphatic heterocycles. The topological polar surface area (TPSA) is 0 Å². The summed E-state index contributed by atoms with van der Waals surface area (Å²) in [5.74, 6) is 2.77. The Labute approximate surface area is 114 Å². The summed E-state index contributed by atoms with van der Waals surface area (Å²) in [5.41, 5.74) is 0. The average molecular weight is 258 g/mol. The maximum absolute atomic E-state index is 3.87. The van der Waals surface area contributed by atoms with Crippen LogP contribution in [0.3, 0.4) is 0 Å². The Kier molecular flexibility index (Phi) is 16.7. The second kappa shape index (κ2) is 16.4. The van der Waals surface area contributed by atoms with Crippen molar-refractivity contribution in [3.8, 4) is 0 Å². The van der Waals surface area contributed by atoms with Crippen LogP contribution in [0.5, 0.6) is 0 Å². The SMILES string of the molecule is [CH2]CCCCCCSCCCCCCCCC. The standard InChI is InChI=1S/C16H33S/c1-3-5-7-9-10-12-14-16-17-15-13-11-8-6-4-2/h2-16H2,1H3. The first-order valence-corrected chi connectivity index (χ1v) is 8.94. The molecule has 0 aliphatic carbocycles. The number of hydrogen-bond donors (Lipinski definition) is 0.